The molecular weight excluding hydrogens is 264 g/mol. The number of unbranched alkanes of at least 4 members (excludes halogenated alkanes) is 3. The van der Waals surface area contributed by atoms with E-state index in [1.54, 1.807) is 16.9 Å². The molecule has 0 spiro atoms. The first kappa shape index (κ1) is 15.1. The van der Waals surface area contributed by atoms with E-state index in [2.05, 4.69) is 17.3 Å². The fraction of sp³-hybridized carbons (Fsp3) is 0.375. The molecule has 1 heterocycles. The Bertz CT molecular complexity index is 574. The number of hydrogen-bond donors (Lipinski definition) is 2. The number of carbonyl (C=O) groups excluding carboxylic acids is 1. The highest BCUT2D eigenvalue weighted by Gasteiger charge is 2.09. The second kappa shape index (κ2) is 7.47. The second-order valence-electron chi connectivity index (χ2n) is 5.05. The molecule has 0 unspecified atom stereocenters. The van der Waals surface area contributed by atoms with Gasteiger partial charge in [-0.2, -0.15) is 5.10 Å². The molecular formula is C16H22N4O. The second-order valence-corrected chi connectivity index (χ2v) is 5.05. The first-order chi connectivity index (χ1) is 10.2. The van der Waals surface area contributed by atoms with Crippen molar-refractivity contribution in [3.05, 3.63) is 42.2 Å². The van der Waals surface area contributed by atoms with Gasteiger partial charge in [0.2, 0.25) is 0 Å². The van der Waals surface area contributed by atoms with Gasteiger partial charge in [0.25, 0.3) is 5.91 Å². The van der Waals surface area contributed by atoms with Crippen molar-refractivity contribution in [2.24, 2.45) is 0 Å². The van der Waals surface area contributed by atoms with E-state index in [0.717, 1.165) is 18.5 Å². The molecule has 21 heavy (non-hydrogen) atoms. The van der Waals surface area contributed by atoms with Gasteiger partial charge < -0.3 is 11.1 Å². The van der Waals surface area contributed by atoms with Crippen molar-refractivity contribution in [2.45, 2.75) is 32.6 Å². The molecule has 0 aliphatic carbocycles. The Labute approximate surface area is 125 Å². The fourth-order valence-electron chi connectivity index (χ4n) is 2.06. The molecule has 1 aromatic carbocycles. The number of nitrogens with zero attached hydrogens (tertiary/aromatic N) is 2. The van der Waals surface area contributed by atoms with Crippen LogP contribution in [0.5, 0.6) is 0 Å². The van der Waals surface area contributed by atoms with E-state index in [-0.39, 0.29) is 5.91 Å². The largest absolute Gasteiger partial charge is 0.399 e. The summed E-state index contributed by atoms with van der Waals surface area (Å²) >= 11 is 0. The SMILES string of the molecule is CCCCCCNC(=O)c1ccn(-c2ccc(N)cc2)n1. The van der Waals surface area contributed by atoms with Gasteiger partial charge in [-0.25, -0.2) is 4.68 Å². The van der Waals surface area contributed by atoms with Crippen LogP contribution in [0.4, 0.5) is 5.69 Å². The number of aromatic nitrogens is 2. The molecule has 1 amide bonds. The van der Waals surface area contributed by atoms with Crippen molar-refractivity contribution >= 4 is 11.6 Å². The van der Waals surface area contributed by atoms with Gasteiger partial charge in [-0.1, -0.05) is 26.2 Å². The maximum absolute atomic E-state index is 12.0. The van der Waals surface area contributed by atoms with Gasteiger partial charge in [-0.3, -0.25) is 4.79 Å². The van der Waals surface area contributed by atoms with E-state index in [0.29, 0.717) is 17.9 Å². The minimum absolute atomic E-state index is 0.124. The molecule has 2 rings (SSSR count). The summed E-state index contributed by atoms with van der Waals surface area (Å²) < 4.78 is 1.67. The Hall–Kier alpha value is -2.30. The van der Waals surface area contributed by atoms with Crippen LogP contribution in [0.15, 0.2) is 36.5 Å². The number of nitrogens with two attached hydrogens (primary N) is 1. The summed E-state index contributed by atoms with van der Waals surface area (Å²) in [5, 5.41) is 7.19. The van der Waals surface area contributed by atoms with E-state index in [1.165, 1.54) is 12.8 Å². The van der Waals surface area contributed by atoms with Crippen molar-refractivity contribution in [2.75, 3.05) is 12.3 Å². The van der Waals surface area contributed by atoms with E-state index in [9.17, 15) is 4.79 Å². The van der Waals surface area contributed by atoms with Crippen LogP contribution in [-0.4, -0.2) is 22.2 Å². The molecule has 0 fully saturated rings. The van der Waals surface area contributed by atoms with Crippen molar-refractivity contribution in [1.82, 2.24) is 15.1 Å². The van der Waals surface area contributed by atoms with E-state index in [1.807, 2.05) is 24.3 Å². The topological polar surface area (TPSA) is 72.9 Å². The zero-order valence-corrected chi connectivity index (χ0v) is 12.4. The number of nitrogens with one attached hydrogen (secondary N) is 1. The molecule has 0 atom stereocenters. The third-order valence-electron chi connectivity index (χ3n) is 3.30. The number of benzene rings is 1. The minimum Gasteiger partial charge on any atom is -0.399 e. The first-order valence-corrected chi connectivity index (χ1v) is 7.40. The van der Waals surface area contributed by atoms with Gasteiger partial charge in [0.1, 0.15) is 0 Å². The maximum atomic E-state index is 12.0. The van der Waals surface area contributed by atoms with Crippen molar-refractivity contribution in [3.63, 3.8) is 0 Å². The number of nitrogen functional groups attached to an aromatic ring is 1. The van der Waals surface area contributed by atoms with Crippen LogP contribution in [0.2, 0.25) is 0 Å². The highest BCUT2D eigenvalue weighted by Crippen LogP contribution is 2.10. The first-order valence-electron chi connectivity index (χ1n) is 7.40. The smallest absolute Gasteiger partial charge is 0.271 e. The van der Waals surface area contributed by atoms with Crippen LogP contribution in [-0.2, 0) is 0 Å². The molecule has 1 aromatic heterocycles. The molecule has 5 nitrogen and oxygen atoms in total. The molecule has 0 saturated heterocycles. The van der Waals surface area contributed by atoms with Gasteiger partial charge in [0.15, 0.2) is 5.69 Å². The Morgan fingerprint density at radius 1 is 1.19 bits per heavy atom. The summed E-state index contributed by atoms with van der Waals surface area (Å²) in [4.78, 5) is 12.0. The minimum atomic E-state index is -0.124. The zero-order valence-electron chi connectivity index (χ0n) is 12.4. The summed E-state index contributed by atoms with van der Waals surface area (Å²) in [6.07, 6.45) is 6.34. The van der Waals surface area contributed by atoms with Crippen molar-refractivity contribution in [3.8, 4) is 5.69 Å². The lowest BCUT2D eigenvalue weighted by molar-refractivity contribution is 0.0947. The number of amides is 1. The maximum Gasteiger partial charge on any atom is 0.271 e. The van der Waals surface area contributed by atoms with Gasteiger partial charge in [-0.15, -0.1) is 0 Å². The van der Waals surface area contributed by atoms with Crippen LogP contribution in [0.1, 0.15) is 43.1 Å². The third kappa shape index (κ3) is 4.34. The quantitative estimate of drug-likeness (QED) is 0.607. The standard InChI is InChI=1S/C16H22N4O/c1-2-3-4-5-11-18-16(21)15-10-12-20(19-15)14-8-6-13(17)7-9-14/h6-10,12H,2-5,11,17H2,1H3,(H,18,21). The lowest BCUT2D eigenvalue weighted by Gasteiger charge is -2.03. The predicted molar refractivity (Wildman–Crippen MR) is 84.5 cm³/mol. The summed E-state index contributed by atoms with van der Waals surface area (Å²) in [6, 6.07) is 9.08. The lowest BCUT2D eigenvalue weighted by Crippen LogP contribution is -2.25. The van der Waals surface area contributed by atoms with Crippen LogP contribution in [0.3, 0.4) is 0 Å². The Morgan fingerprint density at radius 3 is 2.67 bits per heavy atom. The Kier molecular flexibility index (Phi) is 5.37. The average molecular weight is 286 g/mol. The average Bonchev–Trinajstić information content (AvgIpc) is 2.97. The number of anilines is 1. The summed E-state index contributed by atoms with van der Waals surface area (Å²) in [5.41, 5.74) is 7.67. The molecule has 2 aromatic rings. The Balaban J connectivity index is 1.90. The third-order valence-corrected chi connectivity index (χ3v) is 3.30. The van der Waals surface area contributed by atoms with Crippen LogP contribution in [0, 0.1) is 0 Å². The number of rotatable bonds is 7. The number of hydrogen-bond acceptors (Lipinski definition) is 3. The lowest BCUT2D eigenvalue weighted by atomic mass is 10.2. The summed E-state index contributed by atoms with van der Waals surface area (Å²) in [6.45, 7) is 2.87. The van der Waals surface area contributed by atoms with Gasteiger partial charge in [0.05, 0.1) is 5.69 Å². The fourth-order valence-corrected chi connectivity index (χ4v) is 2.06. The molecule has 0 aliphatic rings. The van der Waals surface area contributed by atoms with Crippen molar-refractivity contribution in [1.29, 1.82) is 0 Å². The van der Waals surface area contributed by atoms with E-state index < -0.39 is 0 Å². The van der Waals surface area contributed by atoms with Crippen molar-refractivity contribution < 1.29 is 4.79 Å². The Morgan fingerprint density at radius 2 is 1.95 bits per heavy atom. The van der Waals surface area contributed by atoms with Crippen LogP contribution in [0.25, 0.3) is 5.69 Å². The molecule has 0 radical (unpaired) electrons. The molecule has 0 saturated carbocycles. The predicted octanol–water partition coefficient (Wildman–Crippen LogP) is 2.76. The number of carbonyl (C=O) groups is 1. The van der Waals surface area contributed by atoms with Crippen LogP contribution < -0.4 is 11.1 Å². The molecule has 0 bridgehead atoms. The monoisotopic (exact) mass is 286 g/mol. The van der Waals surface area contributed by atoms with E-state index >= 15 is 0 Å². The zero-order chi connectivity index (χ0) is 15.1. The molecule has 112 valence electrons. The normalized spacial score (nSPS) is 10.5. The summed E-state index contributed by atoms with van der Waals surface area (Å²) in [7, 11) is 0. The molecule has 3 N–H and O–H groups in total. The molecule has 5 heteroatoms. The molecule has 0 aliphatic heterocycles. The highest BCUT2D eigenvalue weighted by molar-refractivity contribution is 5.92. The highest BCUT2D eigenvalue weighted by atomic mass is 16.1. The summed E-state index contributed by atoms with van der Waals surface area (Å²) in [5.74, 6) is -0.124. The van der Waals surface area contributed by atoms with Gasteiger partial charge in [0, 0.05) is 18.4 Å². The van der Waals surface area contributed by atoms with Gasteiger partial charge in [-0.05, 0) is 36.8 Å². The van der Waals surface area contributed by atoms with Crippen LogP contribution >= 0.6 is 0 Å². The van der Waals surface area contributed by atoms with Gasteiger partial charge >= 0.3 is 0 Å². The van der Waals surface area contributed by atoms with E-state index in [4.69, 9.17) is 5.73 Å².